The summed E-state index contributed by atoms with van der Waals surface area (Å²) < 4.78 is 0. The van der Waals surface area contributed by atoms with E-state index in [1.54, 1.807) is 0 Å². The van der Waals surface area contributed by atoms with E-state index in [0.29, 0.717) is 6.42 Å². The van der Waals surface area contributed by atoms with Crippen LogP contribution in [0.25, 0.3) is 0 Å². The molecule has 0 aromatic heterocycles. The third-order valence-electron chi connectivity index (χ3n) is 3.00. The summed E-state index contributed by atoms with van der Waals surface area (Å²) in [5, 5.41) is 18.2. The molecule has 0 amide bonds. The molecule has 0 radical (unpaired) electrons. The quantitative estimate of drug-likeness (QED) is 0.411. The zero-order chi connectivity index (χ0) is 13.6. The first-order valence-electron chi connectivity index (χ1n) is 7.21. The van der Waals surface area contributed by atoms with Crippen LogP contribution >= 0.6 is 0 Å². The second-order valence-corrected chi connectivity index (χ2v) is 4.84. The molecule has 0 aromatic rings. The van der Waals surface area contributed by atoms with E-state index in [9.17, 15) is 9.90 Å². The highest BCUT2D eigenvalue weighted by Gasteiger charge is 2.02. The zero-order valence-electron chi connectivity index (χ0n) is 11.6. The molecule has 0 fully saturated rings. The van der Waals surface area contributed by atoms with Crippen LogP contribution in [0.4, 0.5) is 0 Å². The van der Waals surface area contributed by atoms with Crippen LogP contribution in [0, 0.1) is 0 Å². The van der Waals surface area contributed by atoms with Crippen LogP contribution in [0.3, 0.4) is 0 Å². The number of allylic oxidation sites excluding steroid dienone is 2. The lowest BCUT2D eigenvalue weighted by atomic mass is 10.0. The standard InChI is InChI=1S/C15H28O3/c1-2-3-4-5-8-11-14(16)12-9-6-7-10-13-15(17)18/h6-7,14,16H,2-5,8-13H2,1H3,(H,17,18). The minimum absolute atomic E-state index is 0.191. The number of carboxylic acid groups (broad SMARTS) is 1. The van der Waals surface area contributed by atoms with Gasteiger partial charge in [-0.05, 0) is 25.7 Å². The largest absolute Gasteiger partial charge is 0.481 e. The summed E-state index contributed by atoms with van der Waals surface area (Å²) in [5.41, 5.74) is 0. The molecule has 3 nitrogen and oxygen atoms in total. The minimum atomic E-state index is -0.758. The number of aliphatic carboxylic acids is 1. The predicted molar refractivity (Wildman–Crippen MR) is 74.6 cm³/mol. The van der Waals surface area contributed by atoms with Crippen molar-refractivity contribution in [3.8, 4) is 0 Å². The molecule has 0 aliphatic rings. The van der Waals surface area contributed by atoms with Gasteiger partial charge in [-0.15, -0.1) is 0 Å². The lowest BCUT2D eigenvalue weighted by Crippen LogP contribution is -2.05. The van der Waals surface area contributed by atoms with Crippen LogP contribution in [0.2, 0.25) is 0 Å². The van der Waals surface area contributed by atoms with Crippen molar-refractivity contribution in [2.45, 2.75) is 77.2 Å². The van der Waals surface area contributed by atoms with E-state index in [1.807, 2.05) is 12.2 Å². The van der Waals surface area contributed by atoms with Gasteiger partial charge >= 0.3 is 5.97 Å². The van der Waals surface area contributed by atoms with E-state index in [2.05, 4.69) is 6.92 Å². The number of unbranched alkanes of at least 4 members (excludes halogenated alkanes) is 4. The molecule has 0 heterocycles. The first-order valence-corrected chi connectivity index (χ1v) is 7.21. The average molecular weight is 256 g/mol. The van der Waals surface area contributed by atoms with Gasteiger partial charge in [0.2, 0.25) is 0 Å². The summed E-state index contributed by atoms with van der Waals surface area (Å²) in [6, 6.07) is 0. The van der Waals surface area contributed by atoms with Gasteiger partial charge in [0.1, 0.15) is 0 Å². The molecular formula is C15H28O3. The number of aliphatic hydroxyl groups excluding tert-OH is 1. The molecule has 106 valence electrons. The number of carboxylic acids is 1. The summed E-state index contributed by atoms with van der Waals surface area (Å²) in [6.45, 7) is 2.20. The molecule has 0 spiro atoms. The molecule has 0 saturated heterocycles. The van der Waals surface area contributed by atoms with Crippen LogP contribution in [-0.4, -0.2) is 22.3 Å². The number of hydrogen-bond acceptors (Lipinski definition) is 2. The van der Waals surface area contributed by atoms with Crippen molar-refractivity contribution >= 4 is 5.97 Å². The molecule has 18 heavy (non-hydrogen) atoms. The Hall–Kier alpha value is -0.830. The number of aliphatic hydroxyl groups is 1. The summed E-state index contributed by atoms with van der Waals surface area (Å²) >= 11 is 0. The van der Waals surface area contributed by atoms with Crippen molar-refractivity contribution < 1.29 is 15.0 Å². The molecule has 0 rings (SSSR count). The molecular weight excluding hydrogens is 228 g/mol. The average Bonchev–Trinajstić information content (AvgIpc) is 2.33. The molecule has 0 aliphatic heterocycles. The lowest BCUT2D eigenvalue weighted by molar-refractivity contribution is -0.136. The van der Waals surface area contributed by atoms with Crippen LogP contribution in [0.15, 0.2) is 12.2 Å². The van der Waals surface area contributed by atoms with Crippen molar-refractivity contribution in [2.24, 2.45) is 0 Å². The lowest BCUT2D eigenvalue weighted by Gasteiger charge is -2.08. The Labute approximate surface area is 111 Å². The molecule has 0 aliphatic carbocycles. The second kappa shape index (κ2) is 12.6. The Kier molecular flexibility index (Phi) is 12.0. The van der Waals surface area contributed by atoms with Gasteiger partial charge in [-0.2, -0.15) is 0 Å². The van der Waals surface area contributed by atoms with Gasteiger partial charge < -0.3 is 10.2 Å². The number of hydrogen-bond donors (Lipinski definition) is 2. The molecule has 1 atom stereocenters. The van der Waals surface area contributed by atoms with Crippen molar-refractivity contribution in [3.05, 3.63) is 12.2 Å². The Morgan fingerprint density at radius 1 is 1.06 bits per heavy atom. The summed E-state index contributed by atoms with van der Waals surface area (Å²) in [5.74, 6) is -0.758. The second-order valence-electron chi connectivity index (χ2n) is 4.84. The fourth-order valence-electron chi connectivity index (χ4n) is 1.86. The van der Waals surface area contributed by atoms with Crippen LogP contribution in [0.5, 0.6) is 0 Å². The SMILES string of the molecule is CCCCCCCC(O)CCC=CCCC(=O)O. The van der Waals surface area contributed by atoms with Crippen molar-refractivity contribution in [1.82, 2.24) is 0 Å². The number of rotatable bonds is 12. The Bertz CT molecular complexity index is 224. The molecule has 0 bridgehead atoms. The monoisotopic (exact) mass is 256 g/mol. The van der Waals surface area contributed by atoms with Gasteiger partial charge in [0.05, 0.1) is 6.10 Å². The van der Waals surface area contributed by atoms with E-state index in [-0.39, 0.29) is 12.5 Å². The summed E-state index contributed by atoms with van der Waals surface area (Å²) in [6.07, 6.45) is 13.1. The van der Waals surface area contributed by atoms with Gasteiger partial charge in [-0.1, -0.05) is 51.2 Å². The maximum Gasteiger partial charge on any atom is 0.303 e. The molecule has 0 aromatic carbocycles. The van der Waals surface area contributed by atoms with Crippen molar-refractivity contribution in [1.29, 1.82) is 0 Å². The Morgan fingerprint density at radius 3 is 2.39 bits per heavy atom. The Balaban J connectivity index is 3.30. The van der Waals surface area contributed by atoms with Gasteiger partial charge in [0.15, 0.2) is 0 Å². The van der Waals surface area contributed by atoms with Crippen molar-refractivity contribution in [3.63, 3.8) is 0 Å². The van der Waals surface area contributed by atoms with Crippen LogP contribution < -0.4 is 0 Å². The molecule has 1 unspecified atom stereocenters. The third kappa shape index (κ3) is 13.2. The normalized spacial score (nSPS) is 13.0. The Morgan fingerprint density at radius 2 is 1.72 bits per heavy atom. The fraction of sp³-hybridized carbons (Fsp3) is 0.800. The van der Waals surface area contributed by atoms with Crippen molar-refractivity contribution in [2.75, 3.05) is 0 Å². The topological polar surface area (TPSA) is 57.5 Å². The fourth-order valence-corrected chi connectivity index (χ4v) is 1.86. The summed E-state index contributed by atoms with van der Waals surface area (Å²) in [7, 11) is 0. The zero-order valence-corrected chi connectivity index (χ0v) is 11.6. The molecule has 0 saturated carbocycles. The third-order valence-corrected chi connectivity index (χ3v) is 3.00. The first kappa shape index (κ1) is 17.2. The van der Waals surface area contributed by atoms with E-state index in [4.69, 9.17) is 5.11 Å². The number of carbonyl (C=O) groups is 1. The van der Waals surface area contributed by atoms with Crippen LogP contribution in [-0.2, 0) is 4.79 Å². The predicted octanol–water partition coefficient (Wildman–Crippen LogP) is 3.91. The maximum atomic E-state index is 10.3. The maximum absolute atomic E-state index is 10.3. The van der Waals surface area contributed by atoms with E-state index in [0.717, 1.165) is 25.7 Å². The highest BCUT2D eigenvalue weighted by Crippen LogP contribution is 2.10. The van der Waals surface area contributed by atoms with E-state index >= 15 is 0 Å². The van der Waals surface area contributed by atoms with Gasteiger partial charge in [0, 0.05) is 6.42 Å². The highest BCUT2D eigenvalue weighted by molar-refractivity contribution is 5.66. The smallest absolute Gasteiger partial charge is 0.303 e. The highest BCUT2D eigenvalue weighted by atomic mass is 16.4. The molecule has 3 heteroatoms. The van der Waals surface area contributed by atoms with Crippen LogP contribution in [0.1, 0.15) is 71.1 Å². The van der Waals surface area contributed by atoms with Gasteiger partial charge in [-0.25, -0.2) is 0 Å². The summed E-state index contributed by atoms with van der Waals surface area (Å²) in [4.78, 5) is 10.3. The molecule has 2 N–H and O–H groups in total. The van der Waals surface area contributed by atoms with E-state index < -0.39 is 5.97 Å². The first-order chi connectivity index (χ1) is 8.66. The van der Waals surface area contributed by atoms with Gasteiger partial charge in [0.25, 0.3) is 0 Å². The van der Waals surface area contributed by atoms with E-state index in [1.165, 1.54) is 25.7 Å². The van der Waals surface area contributed by atoms with Gasteiger partial charge in [-0.3, -0.25) is 4.79 Å². The minimum Gasteiger partial charge on any atom is -0.481 e.